The summed E-state index contributed by atoms with van der Waals surface area (Å²) in [5, 5.41) is 4.37. The van der Waals surface area contributed by atoms with Gasteiger partial charge in [-0.2, -0.15) is 0 Å². The third-order valence-corrected chi connectivity index (χ3v) is 5.18. The fourth-order valence-electron chi connectivity index (χ4n) is 2.83. The summed E-state index contributed by atoms with van der Waals surface area (Å²) in [5.74, 6) is 0.721. The van der Waals surface area contributed by atoms with Gasteiger partial charge >= 0.3 is 0 Å². The Hall–Kier alpha value is -0.580. The van der Waals surface area contributed by atoms with Crippen molar-refractivity contribution >= 4 is 33.4 Å². The highest BCUT2D eigenvalue weighted by Crippen LogP contribution is 2.32. The summed E-state index contributed by atoms with van der Waals surface area (Å²) in [6.45, 7) is 2.55. The highest BCUT2D eigenvalue weighted by Gasteiger charge is 2.34. The van der Waals surface area contributed by atoms with Crippen molar-refractivity contribution in [3.8, 4) is 0 Å². The average molecular weight is 372 g/mol. The van der Waals surface area contributed by atoms with E-state index in [4.69, 9.17) is 11.6 Å². The molecule has 1 aromatic carbocycles. The third-order valence-electron chi connectivity index (χ3n) is 4.32. The minimum Gasteiger partial charge on any atom is -0.342 e. The molecule has 1 heterocycles. The Labute approximate surface area is 139 Å². The molecular formula is C16H20BrClN2O. The lowest BCUT2D eigenvalue weighted by Gasteiger charge is -2.32. The van der Waals surface area contributed by atoms with Crippen molar-refractivity contribution < 1.29 is 4.79 Å². The van der Waals surface area contributed by atoms with Gasteiger partial charge in [-0.05, 0) is 49.4 Å². The Balaban J connectivity index is 1.47. The van der Waals surface area contributed by atoms with Crippen molar-refractivity contribution in [1.29, 1.82) is 0 Å². The first kappa shape index (κ1) is 15.3. The van der Waals surface area contributed by atoms with Gasteiger partial charge in [0.05, 0.1) is 0 Å². The number of likely N-dealkylation sites (tertiary alicyclic amines) is 1. The van der Waals surface area contributed by atoms with E-state index >= 15 is 0 Å². The maximum absolute atomic E-state index is 12.0. The van der Waals surface area contributed by atoms with Crippen LogP contribution in [0.25, 0.3) is 0 Å². The van der Waals surface area contributed by atoms with Crippen LogP contribution in [-0.4, -0.2) is 29.9 Å². The monoisotopic (exact) mass is 370 g/mol. The Kier molecular flexibility index (Phi) is 4.87. The van der Waals surface area contributed by atoms with E-state index in [0.717, 1.165) is 60.4 Å². The van der Waals surface area contributed by atoms with Gasteiger partial charge in [-0.25, -0.2) is 0 Å². The van der Waals surface area contributed by atoms with Gasteiger partial charge in [-0.3, -0.25) is 4.79 Å². The molecular weight excluding hydrogens is 352 g/mol. The van der Waals surface area contributed by atoms with E-state index in [1.54, 1.807) is 0 Å². The van der Waals surface area contributed by atoms with Crippen LogP contribution in [0.4, 0.5) is 0 Å². The number of amides is 1. The van der Waals surface area contributed by atoms with E-state index < -0.39 is 0 Å². The van der Waals surface area contributed by atoms with Crippen LogP contribution in [0.1, 0.15) is 31.2 Å². The van der Waals surface area contributed by atoms with Crippen molar-refractivity contribution in [3.05, 3.63) is 33.3 Å². The first-order valence-electron chi connectivity index (χ1n) is 7.59. The Morgan fingerprint density at radius 3 is 2.67 bits per heavy atom. The van der Waals surface area contributed by atoms with Crippen LogP contribution >= 0.6 is 27.5 Å². The Morgan fingerprint density at radius 1 is 1.29 bits per heavy atom. The lowest BCUT2D eigenvalue weighted by molar-refractivity contribution is -0.133. The summed E-state index contributed by atoms with van der Waals surface area (Å²) in [7, 11) is 0. The Bertz CT molecular complexity index is 525. The standard InChI is InChI=1S/C16H20BrClN2O/c17-13-3-4-15(18)12(9-13)10-19-14-5-7-20(8-6-14)16(21)11-1-2-11/h3-4,9,11,14,19H,1-2,5-8,10H2. The zero-order valence-corrected chi connectivity index (χ0v) is 14.3. The molecule has 1 aliphatic heterocycles. The second-order valence-electron chi connectivity index (χ2n) is 5.99. The van der Waals surface area contributed by atoms with Crippen LogP contribution in [0.2, 0.25) is 5.02 Å². The normalized spacial score (nSPS) is 19.8. The number of carbonyl (C=O) groups is 1. The zero-order chi connectivity index (χ0) is 14.8. The summed E-state index contributed by atoms with van der Waals surface area (Å²) < 4.78 is 1.05. The number of rotatable bonds is 4. The maximum Gasteiger partial charge on any atom is 0.225 e. The molecule has 1 amide bonds. The smallest absolute Gasteiger partial charge is 0.225 e. The minimum absolute atomic E-state index is 0.343. The molecule has 21 heavy (non-hydrogen) atoms. The topological polar surface area (TPSA) is 32.3 Å². The number of carbonyl (C=O) groups excluding carboxylic acids is 1. The van der Waals surface area contributed by atoms with Crippen molar-refractivity contribution in [2.45, 2.75) is 38.3 Å². The van der Waals surface area contributed by atoms with Gasteiger partial charge < -0.3 is 10.2 Å². The molecule has 0 spiro atoms. The number of nitrogens with one attached hydrogen (secondary N) is 1. The fourth-order valence-corrected chi connectivity index (χ4v) is 3.42. The van der Waals surface area contributed by atoms with Gasteiger partial charge in [0.25, 0.3) is 0 Å². The van der Waals surface area contributed by atoms with Crippen molar-refractivity contribution in [1.82, 2.24) is 10.2 Å². The van der Waals surface area contributed by atoms with E-state index in [2.05, 4.69) is 27.3 Å². The predicted octanol–water partition coefficient (Wildman–Crippen LogP) is 3.59. The molecule has 3 nitrogen and oxygen atoms in total. The van der Waals surface area contributed by atoms with Gasteiger partial charge in [0, 0.05) is 41.1 Å². The molecule has 1 aliphatic carbocycles. The summed E-state index contributed by atoms with van der Waals surface area (Å²) in [6, 6.07) is 6.40. The molecule has 2 fully saturated rings. The van der Waals surface area contributed by atoms with E-state index in [1.165, 1.54) is 0 Å². The number of halogens is 2. The molecule has 0 atom stereocenters. The van der Waals surface area contributed by atoms with Gasteiger partial charge in [0.2, 0.25) is 5.91 Å². The first-order valence-corrected chi connectivity index (χ1v) is 8.76. The second kappa shape index (κ2) is 6.67. The summed E-state index contributed by atoms with van der Waals surface area (Å²) in [4.78, 5) is 14.1. The van der Waals surface area contributed by atoms with Crippen LogP contribution in [0.15, 0.2) is 22.7 Å². The van der Waals surface area contributed by atoms with Gasteiger partial charge in [-0.15, -0.1) is 0 Å². The molecule has 0 unspecified atom stereocenters. The predicted molar refractivity (Wildman–Crippen MR) is 88.3 cm³/mol. The number of piperidine rings is 1. The number of hydrogen-bond acceptors (Lipinski definition) is 2. The molecule has 114 valence electrons. The minimum atomic E-state index is 0.343. The number of hydrogen-bond donors (Lipinski definition) is 1. The third kappa shape index (κ3) is 3.99. The molecule has 1 N–H and O–H groups in total. The van der Waals surface area contributed by atoms with Crippen LogP contribution in [0.5, 0.6) is 0 Å². The van der Waals surface area contributed by atoms with Crippen LogP contribution in [-0.2, 0) is 11.3 Å². The molecule has 5 heteroatoms. The Morgan fingerprint density at radius 2 is 2.00 bits per heavy atom. The molecule has 0 aromatic heterocycles. The second-order valence-corrected chi connectivity index (χ2v) is 7.31. The highest BCUT2D eigenvalue weighted by atomic mass is 79.9. The van der Waals surface area contributed by atoms with Gasteiger partial charge in [0.1, 0.15) is 0 Å². The van der Waals surface area contributed by atoms with E-state index in [9.17, 15) is 4.79 Å². The van der Waals surface area contributed by atoms with E-state index in [1.807, 2.05) is 17.0 Å². The van der Waals surface area contributed by atoms with Crippen LogP contribution < -0.4 is 5.32 Å². The molecule has 0 bridgehead atoms. The summed E-state index contributed by atoms with van der Waals surface area (Å²) in [6.07, 6.45) is 4.25. The summed E-state index contributed by atoms with van der Waals surface area (Å²) >= 11 is 9.68. The molecule has 2 aliphatic rings. The molecule has 3 rings (SSSR count). The SMILES string of the molecule is O=C(C1CC1)N1CCC(NCc2cc(Br)ccc2Cl)CC1. The van der Waals surface area contributed by atoms with Crippen molar-refractivity contribution in [3.63, 3.8) is 0 Å². The van der Waals surface area contributed by atoms with E-state index in [-0.39, 0.29) is 0 Å². The summed E-state index contributed by atoms with van der Waals surface area (Å²) in [5.41, 5.74) is 1.11. The molecule has 0 radical (unpaired) electrons. The van der Waals surface area contributed by atoms with Crippen molar-refractivity contribution in [2.24, 2.45) is 5.92 Å². The maximum atomic E-state index is 12.0. The number of benzene rings is 1. The average Bonchev–Trinajstić information content (AvgIpc) is 3.33. The fraction of sp³-hybridized carbons (Fsp3) is 0.562. The lowest BCUT2D eigenvalue weighted by atomic mass is 10.0. The van der Waals surface area contributed by atoms with E-state index in [0.29, 0.717) is 17.9 Å². The largest absolute Gasteiger partial charge is 0.342 e. The first-order chi connectivity index (χ1) is 10.1. The van der Waals surface area contributed by atoms with Crippen molar-refractivity contribution in [2.75, 3.05) is 13.1 Å². The number of nitrogens with zero attached hydrogens (tertiary/aromatic N) is 1. The molecule has 1 saturated heterocycles. The van der Waals surface area contributed by atoms with Gasteiger partial charge in [-0.1, -0.05) is 27.5 Å². The van der Waals surface area contributed by atoms with Gasteiger partial charge in [0.15, 0.2) is 0 Å². The zero-order valence-electron chi connectivity index (χ0n) is 11.9. The van der Waals surface area contributed by atoms with Crippen LogP contribution in [0, 0.1) is 5.92 Å². The lowest BCUT2D eigenvalue weighted by Crippen LogP contribution is -2.45. The van der Waals surface area contributed by atoms with Crippen LogP contribution in [0.3, 0.4) is 0 Å². The molecule has 1 saturated carbocycles. The quantitative estimate of drug-likeness (QED) is 0.877. The highest BCUT2D eigenvalue weighted by molar-refractivity contribution is 9.10. The molecule has 1 aromatic rings.